The Kier molecular flexibility index (Phi) is 5.70. The van der Waals surface area contributed by atoms with E-state index in [1.807, 2.05) is 38.1 Å². The van der Waals surface area contributed by atoms with Crippen molar-refractivity contribution in [3.05, 3.63) is 112 Å². The van der Waals surface area contributed by atoms with Crippen molar-refractivity contribution >= 4 is 40.4 Å². The predicted molar refractivity (Wildman–Crippen MR) is 134 cm³/mol. The smallest absolute Gasteiger partial charge is 0.294 e. The average Bonchev–Trinajstić information content (AvgIpc) is 3.33. The zero-order chi connectivity index (χ0) is 24.7. The lowest BCUT2D eigenvalue weighted by molar-refractivity contribution is -0.576. The summed E-state index contributed by atoms with van der Waals surface area (Å²) in [6, 6.07) is 21.0. The first-order valence-corrected chi connectivity index (χ1v) is 11.5. The third-order valence-corrected chi connectivity index (χ3v) is 6.09. The minimum atomic E-state index is -0.582. The monoisotopic (exact) mass is 485 g/mol. The van der Waals surface area contributed by atoms with Gasteiger partial charge >= 0.3 is 5.91 Å². The van der Waals surface area contributed by atoms with Crippen LogP contribution in [0.1, 0.15) is 31.0 Å². The fourth-order valence-electron chi connectivity index (χ4n) is 4.25. The maximum absolute atomic E-state index is 13.9. The SMILES string of the molecule is CC(C)c1[nH]n(-c2ccccc2)c(=O)c1C1=C([n+]2ccccc2)C(=O)N(c2cccc(Cl)c2)C1=O. The highest BCUT2D eigenvalue weighted by Gasteiger charge is 2.48. The predicted octanol–water partition coefficient (Wildman–Crippen LogP) is 4.17. The molecule has 1 aliphatic rings. The van der Waals surface area contributed by atoms with E-state index in [9.17, 15) is 14.4 Å². The largest absolute Gasteiger partial charge is 0.331 e. The maximum atomic E-state index is 13.9. The number of pyridine rings is 1. The van der Waals surface area contributed by atoms with E-state index in [1.165, 1.54) is 4.68 Å². The van der Waals surface area contributed by atoms with Crippen LogP contribution in [0.5, 0.6) is 0 Å². The summed E-state index contributed by atoms with van der Waals surface area (Å²) in [5.41, 5.74) is 1.46. The zero-order valence-corrected chi connectivity index (χ0v) is 19.9. The van der Waals surface area contributed by atoms with Crippen LogP contribution in [0, 0.1) is 0 Å². The standard InChI is InChI=1S/C27H21ClN4O3/c1-17(2)23-21(26(34)32(29-23)19-11-5-3-6-12-19)22-24(30-14-7-4-8-15-30)27(35)31(25(22)33)20-13-9-10-18(28)16-20/h3-17H,1-2H3/p+1. The quantitative estimate of drug-likeness (QED) is 0.340. The number of imide groups is 1. The van der Waals surface area contributed by atoms with Crippen molar-refractivity contribution in [1.29, 1.82) is 0 Å². The molecule has 2 amide bonds. The van der Waals surface area contributed by atoms with Crippen molar-refractivity contribution < 1.29 is 14.2 Å². The number of nitrogens with zero attached hydrogens (tertiary/aromatic N) is 3. The molecule has 0 saturated heterocycles. The molecule has 0 spiro atoms. The molecule has 7 nitrogen and oxygen atoms in total. The second kappa shape index (κ2) is 8.85. The van der Waals surface area contributed by atoms with Gasteiger partial charge < -0.3 is 0 Å². The van der Waals surface area contributed by atoms with E-state index in [0.717, 1.165) is 4.90 Å². The van der Waals surface area contributed by atoms with Crippen LogP contribution in [-0.2, 0) is 9.59 Å². The number of carbonyl (C=O) groups is 2. The molecule has 1 aliphatic heterocycles. The number of benzene rings is 2. The molecule has 5 rings (SSSR count). The van der Waals surface area contributed by atoms with E-state index in [0.29, 0.717) is 22.1 Å². The summed E-state index contributed by atoms with van der Waals surface area (Å²) in [6.07, 6.45) is 3.36. The van der Waals surface area contributed by atoms with Crippen molar-refractivity contribution in [1.82, 2.24) is 9.78 Å². The number of hydrogen-bond acceptors (Lipinski definition) is 3. The number of anilines is 1. The number of rotatable bonds is 5. The molecular weight excluding hydrogens is 464 g/mol. The summed E-state index contributed by atoms with van der Waals surface area (Å²) in [7, 11) is 0. The average molecular weight is 486 g/mol. The van der Waals surface area contributed by atoms with Crippen LogP contribution in [0.3, 0.4) is 0 Å². The van der Waals surface area contributed by atoms with Crippen LogP contribution in [0.15, 0.2) is 90.0 Å². The lowest BCUT2D eigenvalue weighted by Gasteiger charge is -2.14. The van der Waals surface area contributed by atoms with Crippen LogP contribution < -0.4 is 15.0 Å². The molecule has 0 fully saturated rings. The van der Waals surface area contributed by atoms with Crippen molar-refractivity contribution in [2.24, 2.45) is 0 Å². The summed E-state index contributed by atoms with van der Waals surface area (Å²) >= 11 is 6.16. The van der Waals surface area contributed by atoms with E-state index in [1.54, 1.807) is 65.5 Å². The molecule has 4 aromatic rings. The zero-order valence-electron chi connectivity index (χ0n) is 19.1. The summed E-state index contributed by atoms with van der Waals surface area (Å²) in [5.74, 6) is -1.24. The van der Waals surface area contributed by atoms with Gasteiger partial charge in [0.15, 0.2) is 12.4 Å². The van der Waals surface area contributed by atoms with Gasteiger partial charge in [-0.25, -0.2) is 9.58 Å². The number of amides is 2. The summed E-state index contributed by atoms with van der Waals surface area (Å²) < 4.78 is 2.98. The molecule has 8 heteroatoms. The molecule has 2 aromatic carbocycles. The number of aromatic nitrogens is 3. The molecule has 174 valence electrons. The van der Waals surface area contributed by atoms with Crippen molar-refractivity contribution in [3.63, 3.8) is 0 Å². The Morgan fingerprint density at radius 3 is 2.14 bits per heavy atom. The second-order valence-corrected chi connectivity index (χ2v) is 8.90. The molecule has 35 heavy (non-hydrogen) atoms. The van der Waals surface area contributed by atoms with Crippen LogP contribution in [0.4, 0.5) is 5.69 Å². The molecule has 1 N–H and O–H groups in total. The van der Waals surface area contributed by atoms with Gasteiger partial charge in [0.2, 0.25) is 0 Å². The Morgan fingerprint density at radius 2 is 1.49 bits per heavy atom. The normalized spacial score (nSPS) is 13.9. The van der Waals surface area contributed by atoms with Gasteiger partial charge in [-0.2, -0.15) is 4.57 Å². The number of aromatic amines is 1. The Labute approximate surface area is 206 Å². The second-order valence-electron chi connectivity index (χ2n) is 8.46. The first-order valence-electron chi connectivity index (χ1n) is 11.1. The molecular formula is C27H22ClN4O3+. The minimum Gasteiger partial charge on any atom is -0.294 e. The van der Waals surface area contributed by atoms with Gasteiger partial charge in [0.25, 0.3) is 17.2 Å². The first kappa shape index (κ1) is 22.6. The number of halogens is 1. The Hall–Kier alpha value is -4.23. The first-order chi connectivity index (χ1) is 16.9. The number of nitrogens with one attached hydrogen (secondary N) is 1. The van der Waals surface area contributed by atoms with Gasteiger partial charge in [-0.15, -0.1) is 0 Å². The van der Waals surface area contributed by atoms with Gasteiger partial charge in [0, 0.05) is 22.8 Å². The van der Waals surface area contributed by atoms with Gasteiger partial charge in [0.05, 0.1) is 16.9 Å². The third kappa shape index (κ3) is 3.80. The summed E-state index contributed by atoms with van der Waals surface area (Å²) in [4.78, 5) is 42.5. The fourth-order valence-corrected chi connectivity index (χ4v) is 4.44. The molecule has 3 heterocycles. The van der Waals surface area contributed by atoms with Crippen LogP contribution in [0.2, 0.25) is 5.02 Å². The maximum Gasteiger partial charge on any atom is 0.331 e. The molecule has 0 radical (unpaired) electrons. The fraction of sp³-hybridized carbons (Fsp3) is 0.111. The number of carbonyl (C=O) groups excluding carboxylic acids is 2. The van der Waals surface area contributed by atoms with E-state index in [2.05, 4.69) is 5.10 Å². The van der Waals surface area contributed by atoms with Crippen LogP contribution >= 0.6 is 11.6 Å². The van der Waals surface area contributed by atoms with Gasteiger partial charge in [-0.1, -0.05) is 55.8 Å². The molecule has 0 bridgehead atoms. The number of hydrogen-bond donors (Lipinski definition) is 1. The van der Waals surface area contributed by atoms with Gasteiger partial charge in [-0.05, 0) is 36.2 Å². The van der Waals surface area contributed by atoms with E-state index in [-0.39, 0.29) is 22.8 Å². The van der Waals surface area contributed by atoms with Gasteiger partial charge in [0.1, 0.15) is 5.57 Å². The van der Waals surface area contributed by atoms with E-state index >= 15 is 0 Å². The number of H-pyrrole nitrogens is 1. The third-order valence-electron chi connectivity index (χ3n) is 5.86. The molecule has 2 aromatic heterocycles. The molecule has 0 unspecified atom stereocenters. The lowest BCUT2D eigenvalue weighted by Crippen LogP contribution is -2.39. The molecule has 0 atom stereocenters. The minimum absolute atomic E-state index is 0.0470. The van der Waals surface area contributed by atoms with Crippen molar-refractivity contribution in [2.75, 3.05) is 4.90 Å². The Morgan fingerprint density at radius 1 is 0.829 bits per heavy atom. The Bertz CT molecular complexity index is 1540. The van der Waals surface area contributed by atoms with Crippen LogP contribution in [-0.4, -0.2) is 21.6 Å². The summed E-state index contributed by atoms with van der Waals surface area (Å²) in [5, 5.41) is 3.56. The van der Waals surface area contributed by atoms with E-state index in [4.69, 9.17) is 11.6 Å². The highest BCUT2D eigenvalue weighted by atomic mass is 35.5. The molecule has 0 aliphatic carbocycles. The molecule has 0 saturated carbocycles. The van der Waals surface area contributed by atoms with E-state index < -0.39 is 17.4 Å². The van der Waals surface area contributed by atoms with Gasteiger partial charge in [-0.3, -0.25) is 19.5 Å². The Balaban J connectivity index is 1.80. The lowest BCUT2D eigenvalue weighted by atomic mass is 9.98. The van der Waals surface area contributed by atoms with Crippen molar-refractivity contribution in [3.8, 4) is 5.69 Å². The topological polar surface area (TPSA) is 79.1 Å². The highest BCUT2D eigenvalue weighted by Crippen LogP contribution is 2.35. The highest BCUT2D eigenvalue weighted by molar-refractivity contribution is 6.53. The number of para-hydroxylation sites is 1. The van der Waals surface area contributed by atoms with Crippen molar-refractivity contribution in [2.45, 2.75) is 19.8 Å². The van der Waals surface area contributed by atoms with Crippen LogP contribution in [0.25, 0.3) is 17.0 Å². The summed E-state index contributed by atoms with van der Waals surface area (Å²) in [6.45, 7) is 3.85.